The van der Waals surface area contributed by atoms with Crippen molar-refractivity contribution in [1.29, 1.82) is 0 Å². The molecule has 2 nitrogen and oxygen atoms in total. The van der Waals surface area contributed by atoms with E-state index in [-0.39, 0.29) is 0 Å². The Kier molecular flexibility index (Phi) is 5.31. The van der Waals surface area contributed by atoms with Crippen LogP contribution in [0.3, 0.4) is 0 Å². The van der Waals surface area contributed by atoms with Crippen molar-refractivity contribution >= 4 is 65.0 Å². The first kappa shape index (κ1) is 25.2. The van der Waals surface area contributed by atoms with Gasteiger partial charge in [-0.2, -0.15) is 0 Å². The summed E-state index contributed by atoms with van der Waals surface area (Å²) in [5.41, 5.74) is 8.41. The van der Waals surface area contributed by atoms with E-state index in [4.69, 9.17) is 0 Å². The van der Waals surface area contributed by atoms with Gasteiger partial charge < -0.3 is 9.13 Å². The van der Waals surface area contributed by atoms with E-state index in [0.717, 1.165) is 0 Å². The molecule has 10 rings (SSSR count). The van der Waals surface area contributed by atoms with Crippen molar-refractivity contribution in [2.24, 2.45) is 0 Å². The van der Waals surface area contributed by atoms with Gasteiger partial charge in [0.05, 0.1) is 16.6 Å². The van der Waals surface area contributed by atoms with Crippen LogP contribution in [0.15, 0.2) is 170 Å². The zero-order valence-electron chi connectivity index (χ0n) is 25.1. The Balaban J connectivity index is 1.19. The summed E-state index contributed by atoms with van der Waals surface area (Å²) in [7, 11) is 0. The highest BCUT2D eigenvalue weighted by molar-refractivity contribution is 6.25. The Bertz CT molecular complexity index is 2760. The summed E-state index contributed by atoms with van der Waals surface area (Å²) in [6, 6.07) is 59.9. The number of hydrogen-bond donors (Lipinski definition) is 0. The monoisotopic (exact) mass is 584 g/mol. The van der Waals surface area contributed by atoms with Crippen LogP contribution in [-0.2, 0) is 0 Å². The third kappa shape index (κ3) is 3.65. The lowest BCUT2D eigenvalue weighted by atomic mass is 9.94. The fourth-order valence-electron chi connectivity index (χ4n) is 7.59. The molecule has 2 heterocycles. The summed E-state index contributed by atoms with van der Waals surface area (Å²) >= 11 is 0. The minimum absolute atomic E-state index is 1.17. The molecule has 0 atom stereocenters. The van der Waals surface area contributed by atoms with Gasteiger partial charge in [-0.25, -0.2) is 0 Å². The van der Waals surface area contributed by atoms with Gasteiger partial charge in [0.1, 0.15) is 0 Å². The zero-order chi connectivity index (χ0) is 30.2. The Labute approximate surface area is 266 Å². The molecule has 10 aromatic rings. The molecule has 0 aliphatic heterocycles. The number of nitrogens with zero attached hydrogens (tertiary/aromatic N) is 2. The number of aromatic nitrogens is 2. The molecule has 0 aliphatic carbocycles. The fourth-order valence-corrected chi connectivity index (χ4v) is 7.59. The molecular weight excluding hydrogens is 556 g/mol. The van der Waals surface area contributed by atoms with Crippen molar-refractivity contribution in [3.05, 3.63) is 170 Å². The largest absolute Gasteiger partial charge is 0.317 e. The van der Waals surface area contributed by atoms with Gasteiger partial charge in [-0.05, 0) is 103 Å². The third-order valence-corrected chi connectivity index (χ3v) is 9.72. The minimum Gasteiger partial charge on any atom is -0.317 e. The van der Waals surface area contributed by atoms with Crippen LogP contribution < -0.4 is 0 Å². The Morgan fingerprint density at radius 3 is 1.65 bits per heavy atom. The summed E-state index contributed by atoms with van der Waals surface area (Å²) in [5.74, 6) is 0. The number of para-hydroxylation sites is 2. The van der Waals surface area contributed by atoms with E-state index < -0.39 is 0 Å². The molecule has 0 fully saturated rings. The van der Waals surface area contributed by atoms with E-state index in [2.05, 4.69) is 179 Å². The maximum Gasteiger partial charge on any atom is 0.0541 e. The summed E-state index contributed by atoms with van der Waals surface area (Å²) in [5, 5.41) is 11.5. The number of rotatable bonds is 3. The molecular formula is C44H28N2. The van der Waals surface area contributed by atoms with Gasteiger partial charge in [-0.15, -0.1) is 0 Å². The van der Waals surface area contributed by atoms with E-state index in [1.54, 1.807) is 0 Å². The maximum absolute atomic E-state index is 2.43. The molecule has 8 aromatic carbocycles. The van der Waals surface area contributed by atoms with Gasteiger partial charge >= 0.3 is 0 Å². The average molecular weight is 585 g/mol. The van der Waals surface area contributed by atoms with E-state index in [1.807, 2.05) is 0 Å². The van der Waals surface area contributed by atoms with Crippen molar-refractivity contribution in [3.63, 3.8) is 0 Å². The lowest BCUT2D eigenvalue weighted by molar-refractivity contribution is 1.13. The van der Waals surface area contributed by atoms with Gasteiger partial charge in [0.25, 0.3) is 0 Å². The molecule has 0 radical (unpaired) electrons. The summed E-state index contributed by atoms with van der Waals surface area (Å²) < 4.78 is 4.71. The molecule has 0 spiro atoms. The smallest absolute Gasteiger partial charge is 0.0541 e. The predicted molar refractivity (Wildman–Crippen MR) is 196 cm³/mol. The lowest BCUT2D eigenvalue weighted by Gasteiger charge is -2.14. The van der Waals surface area contributed by atoms with Crippen LogP contribution in [0.5, 0.6) is 0 Å². The first-order valence-corrected chi connectivity index (χ1v) is 15.9. The van der Waals surface area contributed by atoms with E-state index in [1.165, 1.54) is 87.5 Å². The van der Waals surface area contributed by atoms with Crippen LogP contribution in [-0.4, -0.2) is 9.13 Å². The Morgan fingerprint density at radius 1 is 0.304 bits per heavy atom. The first-order chi connectivity index (χ1) is 22.8. The van der Waals surface area contributed by atoms with Crippen molar-refractivity contribution in [2.75, 3.05) is 0 Å². The second kappa shape index (κ2) is 9.69. The van der Waals surface area contributed by atoms with Crippen LogP contribution in [0, 0.1) is 0 Å². The van der Waals surface area contributed by atoms with Crippen LogP contribution >= 0.6 is 0 Å². The van der Waals surface area contributed by atoms with Gasteiger partial charge in [0.2, 0.25) is 0 Å². The molecule has 0 bridgehead atoms. The Hall–Kier alpha value is -6.12. The number of fused-ring (bicyclic) bond motifs is 10. The SMILES string of the molecule is c1ccc(-n2ccc3ccc(-c4ccc5c(c4)c4ccccc4n5-c4ccc5c6ccccc6c6ccccc6c5c4)cc32)cc1. The van der Waals surface area contributed by atoms with Crippen molar-refractivity contribution < 1.29 is 0 Å². The molecule has 2 aromatic heterocycles. The molecule has 2 heteroatoms. The third-order valence-electron chi connectivity index (χ3n) is 9.72. The molecule has 0 saturated heterocycles. The molecule has 0 N–H and O–H groups in total. The zero-order valence-corrected chi connectivity index (χ0v) is 25.1. The minimum atomic E-state index is 1.17. The second-order valence-corrected chi connectivity index (χ2v) is 12.2. The summed E-state index contributed by atoms with van der Waals surface area (Å²) in [4.78, 5) is 0. The van der Waals surface area contributed by atoms with Crippen molar-refractivity contribution in [1.82, 2.24) is 9.13 Å². The van der Waals surface area contributed by atoms with Crippen molar-refractivity contribution in [3.8, 4) is 22.5 Å². The van der Waals surface area contributed by atoms with Gasteiger partial charge in [-0.1, -0.05) is 109 Å². The lowest BCUT2D eigenvalue weighted by Crippen LogP contribution is -1.94. The van der Waals surface area contributed by atoms with E-state index >= 15 is 0 Å². The molecule has 214 valence electrons. The average Bonchev–Trinajstić information content (AvgIpc) is 3.70. The fraction of sp³-hybridized carbons (Fsp3) is 0. The van der Waals surface area contributed by atoms with Crippen LogP contribution in [0.2, 0.25) is 0 Å². The molecule has 46 heavy (non-hydrogen) atoms. The quantitative estimate of drug-likeness (QED) is 0.183. The highest BCUT2D eigenvalue weighted by atomic mass is 15.0. The highest BCUT2D eigenvalue weighted by Crippen LogP contribution is 2.39. The van der Waals surface area contributed by atoms with Crippen LogP contribution in [0.25, 0.3) is 87.5 Å². The summed E-state index contributed by atoms with van der Waals surface area (Å²) in [6.07, 6.45) is 2.16. The summed E-state index contributed by atoms with van der Waals surface area (Å²) in [6.45, 7) is 0. The Morgan fingerprint density at radius 2 is 0.891 bits per heavy atom. The molecule has 0 aliphatic rings. The maximum atomic E-state index is 2.43. The van der Waals surface area contributed by atoms with Gasteiger partial charge in [-0.3, -0.25) is 0 Å². The standard InChI is InChI=1S/C44H28N2/c1-2-10-32(11-3-1)45-25-24-29-18-19-31(27-44(29)45)30-20-23-43-41(26-30)39-16-8-9-17-42(39)46(43)33-21-22-38-36-14-5-4-12-34(36)35-13-6-7-15-37(35)40(38)28-33/h1-28H. The second-order valence-electron chi connectivity index (χ2n) is 12.2. The number of hydrogen-bond acceptors (Lipinski definition) is 0. The van der Waals surface area contributed by atoms with Crippen molar-refractivity contribution in [2.45, 2.75) is 0 Å². The number of benzene rings is 8. The molecule has 0 amide bonds. The van der Waals surface area contributed by atoms with E-state index in [0.29, 0.717) is 0 Å². The molecule has 0 saturated carbocycles. The van der Waals surface area contributed by atoms with Gasteiger partial charge in [0.15, 0.2) is 0 Å². The van der Waals surface area contributed by atoms with Crippen LogP contribution in [0.1, 0.15) is 0 Å². The van der Waals surface area contributed by atoms with E-state index in [9.17, 15) is 0 Å². The normalized spacial score (nSPS) is 11.9. The van der Waals surface area contributed by atoms with Crippen LogP contribution in [0.4, 0.5) is 0 Å². The topological polar surface area (TPSA) is 9.86 Å². The van der Waals surface area contributed by atoms with Gasteiger partial charge in [0, 0.05) is 28.3 Å². The highest BCUT2D eigenvalue weighted by Gasteiger charge is 2.16. The predicted octanol–water partition coefficient (Wildman–Crippen LogP) is 11.9. The molecule has 0 unspecified atom stereocenters. The first-order valence-electron chi connectivity index (χ1n) is 15.9.